The Morgan fingerprint density at radius 1 is 1.33 bits per heavy atom. The summed E-state index contributed by atoms with van der Waals surface area (Å²) in [6.45, 7) is 3.11. The number of hydrogen-bond acceptors (Lipinski definition) is 3. The fourth-order valence-corrected chi connectivity index (χ4v) is 1.52. The van der Waals surface area contributed by atoms with Crippen molar-refractivity contribution >= 4 is 27.9 Å². The van der Waals surface area contributed by atoms with Gasteiger partial charge in [0.25, 0.3) is 0 Å². The van der Waals surface area contributed by atoms with Crippen LogP contribution in [-0.4, -0.2) is 23.4 Å². The molecule has 0 spiro atoms. The van der Waals surface area contributed by atoms with Crippen LogP contribution in [0.1, 0.15) is 13.3 Å². The van der Waals surface area contributed by atoms with Crippen LogP contribution in [0.5, 0.6) is 0 Å². The molecule has 0 aromatic rings. The van der Waals surface area contributed by atoms with Crippen molar-refractivity contribution in [3.8, 4) is 0 Å². The third kappa shape index (κ3) is 4.85. The molecule has 0 saturated heterocycles. The van der Waals surface area contributed by atoms with Crippen molar-refractivity contribution in [1.82, 2.24) is 0 Å². The number of rotatable bonds is 2. The molecule has 0 heterocycles. The molecule has 0 N–H and O–H groups in total. The molecule has 0 aliphatic carbocycles. The van der Waals surface area contributed by atoms with Crippen LogP contribution in [0.2, 0.25) is 0 Å². The summed E-state index contributed by atoms with van der Waals surface area (Å²) in [5.74, 6) is 0. The van der Waals surface area contributed by atoms with Gasteiger partial charge in [0.1, 0.15) is 4.38 Å². The van der Waals surface area contributed by atoms with Crippen molar-refractivity contribution in [1.29, 1.82) is 0 Å². The smallest absolute Gasteiger partial charge is 0.124 e. The molecule has 3 heteroatoms. The van der Waals surface area contributed by atoms with Crippen molar-refractivity contribution in [3.05, 3.63) is 0 Å². The Morgan fingerprint density at radius 3 is 2.22 bits per heavy atom. The number of hydrogen-bond donors (Lipinski definition) is 0. The monoisotopic (exact) mass is 163 g/mol. The molecular weight excluding hydrogens is 150 g/mol. The molecule has 0 bridgehead atoms. The Labute approximate surface area is 65.7 Å². The lowest BCUT2D eigenvalue weighted by atomic mass is 10.5. The van der Waals surface area contributed by atoms with Gasteiger partial charge in [-0.15, -0.1) is 23.5 Å². The van der Waals surface area contributed by atoms with Crippen molar-refractivity contribution in [3.63, 3.8) is 0 Å². The predicted molar refractivity (Wildman–Crippen MR) is 49.6 cm³/mol. The topological polar surface area (TPSA) is 12.4 Å². The molecule has 0 rings (SSSR count). The van der Waals surface area contributed by atoms with Gasteiger partial charge in [-0.25, -0.2) is 0 Å². The molecule has 0 aliphatic rings. The van der Waals surface area contributed by atoms with Gasteiger partial charge in [-0.2, -0.15) is 0 Å². The minimum absolute atomic E-state index is 0.969. The first-order chi connectivity index (χ1) is 4.35. The Balaban J connectivity index is 3.48. The van der Waals surface area contributed by atoms with Crippen LogP contribution in [0.25, 0.3) is 0 Å². The second-order valence-corrected chi connectivity index (χ2v) is 3.40. The first kappa shape index (κ1) is 9.37. The molecule has 0 amide bonds. The average molecular weight is 163 g/mol. The number of thioether (sulfide) groups is 2. The SMILES string of the molecule is CCCN=C(SC)SC. The van der Waals surface area contributed by atoms with Gasteiger partial charge in [0.15, 0.2) is 0 Å². The highest BCUT2D eigenvalue weighted by Crippen LogP contribution is 2.10. The molecule has 9 heavy (non-hydrogen) atoms. The quantitative estimate of drug-likeness (QED) is 0.458. The van der Waals surface area contributed by atoms with Gasteiger partial charge < -0.3 is 0 Å². The van der Waals surface area contributed by atoms with E-state index in [9.17, 15) is 0 Å². The van der Waals surface area contributed by atoms with E-state index in [4.69, 9.17) is 0 Å². The first-order valence-corrected chi connectivity index (χ1v) is 5.42. The molecule has 0 saturated carbocycles. The summed E-state index contributed by atoms with van der Waals surface area (Å²) in [6.07, 6.45) is 5.26. The maximum Gasteiger partial charge on any atom is 0.124 e. The molecule has 0 atom stereocenters. The fourth-order valence-electron chi connectivity index (χ4n) is 0.416. The number of nitrogens with zero attached hydrogens (tertiary/aromatic N) is 1. The van der Waals surface area contributed by atoms with E-state index in [2.05, 4.69) is 24.4 Å². The molecule has 0 radical (unpaired) electrons. The van der Waals surface area contributed by atoms with Crippen LogP contribution in [0, 0.1) is 0 Å². The van der Waals surface area contributed by atoms with Gasteiger partial charge in [-0.05, 0) is 18.9 Å². The highest BCUT2D eigenvalue weighted by atomic mass is 32.2. The Bertz CT molecular complexity index is 85.1. The van der Waals surface area contributed by atoms with Gasteiger partial charge in [-0.1, -0.05) is 6.92 Å². The normalized spacial score (nSPS) is 9.22. The largest absolute Gasteiger partial charge is 0.272 e. The highest BCUT2D eigenvalue weighted by molar-refractivity contribution is 8.38. The molecule has 1 nitrogen and oxygen atoms in total. The molecule has 0 aliphatic heterocycles. The van der Waals surface area contributed by atoms with E-state index in [-0.39, 0.29) is 0 Å². The zero-order valence-electron chi connectivity index (χ0n) is 6.18. The predicted octanol–water partition coefficient (Wildman–Crippen LogP) is 2.48. The van der Waals surface area contributed by atoms with Crippen LogP contribution in [0.15, 0.2) is 4.99 Å². The van der Waals surface area contributed by atoms with Gasteiger partial charge in [0.05, 0.1) is 0 Å². The van der Waals surface area contributed by atoms with E-state index < -0.39 is 0 Å². The lowest BCUT2D eigenvalue weighted by molar-refractivity contribution is 0.938. The molecule has 0 aromatic heterocycles. The van der Waals surface area contributed by atoms with Crippen LogP contribution < -0.4 is 0 Å². The summed E-state index contributed by atoms with van der Waals surface area (Å²) in [5, 5.41) is 0. The fraction of sp³-hybridized carbons (Fsp3) is 0.833. The lowest BCUT2D eigenvalue weighted by Crippen LogP contribution is -1.84. The third-order valence-corrected chi connectivity index (χ3v) is 2.77. The average Bonchev–Trinajstić information content (AvgIpc) is 1.91. The maximum atomic E-state index is 4.32. The zero-order valence-corrected chi connectivity index (χ0v) is 7.81. The molecule has 0 fully saturated rings. The lowest BCUT2D eigenvalue weighted by Gasteiger charge is -1.95. The van der Waals surface area contributed by atoms with E-state index in [1.165, 1.54) is 4.38 Å². The third-order valence-electron chi connectivity index (χ3n) is 0.814. The van der Waals surface area contributed by atoms with E-state index in [0.717, 1.165) is 13.0 Å². The minimum atomic E-state index is 0.969. The van der Waals surface area contributed by atoms with E-state index >= 15 is 0 Å². The Kier molecular flexibility index (Phi) is 6.76. The Morgan fingerprint density at radius 2 is 1.89 bits per heavy atom. The van der Waals surface area contributed by atoms with Gasteiger partial charge in [0, 0.05) is 6.54 Å². The summed E-state index contributed by atoms with van der Waals surface area (Å²) in [4.78, 5) is 4.32. The minimum Gasteiger partial charge on any atom is -0.272 e. The van der Waals surface area contributed by atoms with Crippen molar-refractivity contribution < 1.29 is 0 Å². The van der Waals surface area contributed by atoms with Crippen LogP contribution in [-0.2, 0) is 0 Å². The number of aliphatic imine (C=N–C) groups is 1. The summed E-state index contributed by atoms with van der Waals surface area (Å²) in [6, 6.07) is 0. The molecule has 0 unspecified atom stereocenters. The summed E-state index contributed by atoms with van der Waals surface area (Å²) < 4.78 is 1.19. The van der Waals surface area contributed by atoms with E-state index in [0.29, 0.717) is 0 Å². The van der Waals surface area contributed by atoms with Gasteiger partial charge in [0.2, 0.25) is 0 Å². The summed E-state index contributed by atoms with van der Waals surface area (Å²) in [7, 11) is 0. The zero-order chi connectivity index (χ0) is 7.11. The van der Waals surface area contributed by atoms with E-state index in [1.54, 1.807) is 23.5 Å². The van der Waals surface area contributed by atoms with Crippen LogP contribution >= 0.6 is 23.5 Å². The van der Waals surface area contributed by atoms with Crippen molar-refractivity contribution in [2.45, 2.75) is 13.3 Å². The standard InChI is InChI=1S/C6H13NS2/c1-4-5-7-6(8-2)9-3/h4-5H2,1-3H3. The highest BCUT2D eigenvalue weighted by Gasteiger charge is 1.89. The van der Waals surface area contributed by atoms with Crippen molar-refractivity contribution in [2.75, 3.05) is 19.1 Å². The van der Waals surface area contributed by atoms with E-state index in [1.807, 2.05) is 0 Å². The van der Waals surface area contributed by atoms with Gasteiger partial charge in [-0.3, -0.25) is 4.99 Å². The summed E-state index contributed by atoms with van der Waals surface area (Å²) >= 11 is 3.45. The second kappa shape index (κ2) is 6.49. The Hall–Kier alpha value is 0.370. The molecular formula is C6H13NS2. The second-order valence-electron chi connectivity index (χ2n) is 1.56. The maximum absolute atomic E-state index is 4.32. The van der Waals surface area contributed by atoms with Crippen molar-refractivity contribution in [2.24, 2.45) is 4.99 Å². The van der Waals surface area contributed by atoms with Gasteiger partial charge >= 0.3 is 0 Å². The summed E-state index contributed by atoms with van der Waals surface area (Å²) in [5.41, 5.74) is 0. The molecule has 54 valence electrons. The van der Waals surface area contributed by atoms with Crippen LogP contribution in [0.4, 0.5) is 0 Å². The molecule has 0 aromatic carbocycles. The first-order valence-electron chi connectivity index (χ1n) is 2.97. The van der Waals surface area contributed by atoms with Crippen LogP contribution in [0.3, 0.4) is 0 Å².